The number of methoxy groups -OCH3 is 3. The molecule has 28 heavy (non-hydrogen) atoms. The molecule has 2 unspecified atom stereocenters. The second-order valence-electron chi connectivity index (χ2n) is 6.63. The van der Waals surface area contributed by atoms with Crippen LogP contribution in [0.4, 0.5) is 0 Å². The summed E-state index contributed by atoms with van der Waals surface area (Å²) >= 11 is 6.30. The molecule has 3 rings (SSSR count). The minimum Gasteiger partial charge on any atom is -0.497 e. The zero-order chi connectivity index (χ0) is 20.3. The zero-order valence-electron chi connectivity index (χ0n) is 16.1. The van der Waals surface area contributed by atoms with Crippen molar-refractivity contribution in [3.8, 4) is 17.2 Å². The number of carboxylic acids is 1. The second kappa shape index (κ2) is 8.71. The summed E-state index contributed by atoms with van der Waals surface area (Å²) in [5, 5.41) is 10.3. The van der Waals surface area contributed by atoms with E-state index in [2.05, 4.69) is 0 Å². The molecule has 1 saturated heterocycles. The Balaban J connectivity index is 2.24. The number of halogens is 1. The van der Waals surface area contributed by atoms with Crippen LogP contribution in [-0.2, 0) is 4.79 Å². The largest absolute Gasteiger partial charge is 0.497 e. The standard InChI is InChI=1S/C21H24ClNO5/c1-26-14-7-9-19(28-3)16(12-14)20(23-10-4-5-17(23)21(24)25)15-11-13(22)6-8-18(15)27-2/h6-9,11-12,17,20H,4-5,10H2,1-3H3,(H,24,25). The molecule has 1 heterocycles. The van der Waals surface area contributed by atoms with E-state index >= 15 is 0 Å². The Kier molecular flexibility index (Phi) is 6.31. The Hall–Kier alpha value is -2.44. The third-order valence-corrected chi connectivity index (χ3v) is 5.36. The fourth-order valence-corrected chi connectivity index (χ4v) is 4.04. The van der Waals surface area contributed by atoms with Gasteiger partial charge in [-0.3, -0.25) is 9.69 Å². The molecule has 1 aliphatic rings. The highest BCUT2D eigenvalue weighted by Crippen LogP contribution is 2.44. The number of aliphatic carboxylic acids is 1. The molecular formula is C21H24ClNO5. The van der Waals surface area contributed by atoms with Crippen LogP contribution in [0.1, 0.15) is 30.0 Å². The van der Waals surface area contributed by atoms with Gasteiger partial charge in [-0.15, -0.1) is 0 Å². The molecule has 0 bridgehead atoms. The van der Waals surface area contributed by atoms with Crippen molar-refractivity contribution in [2.24, 2.45) is 0 Å². The predicted molar refractivity (Wildman–Crippen MR) is 107 cm³/mol. The van der Waals surface area contributed by atoms with Crippen molar-refractivity contribution in [1.82, 2.24) is 4.90 Å². The lowest BCUT2D eigenvalue weighted by Gasteiger charge is -2.33. The predicted octanol–water partition coefficient (Wildman–Crippen LogP) is 4.00. The van der Waals surface area contributed by atoms with Gasteiger partial charge in [0.1, 0.15) is 23.3 Å². The van der Waals surface area contributed by atoms with Crippen molar-refractivity contribution >= 4 is 17.6 Å². The SMILES string of the molecule is COc1ccc(OC)c(C(c2cc(Cl)ccc2OC)N2CCCC2C(=O)O)c1. The van der Waals surface area contributed by atoms with Crippen LogP contribution >= 0.6 is 11.6 Å². The molecule has 1 aliphatic heterocycles. The summed E-state index contributed by atoms with van der Waals surface area (Å²) in [6.07, 6.45) is 1.38. The first kappa shape index (κ1) is 20.3. The molecule has 150 valence electrons. The molecule has 0 spiro atoms. The van der Waals surface area contributed by atoms with Gasteiger partial charge >= 0.3 is 5.97 Å². The fraction of sp³-hybridized carbons (Fsp3) is 0.381. The van der Waals surface area contributed by atoms with E-state index in [1.165, 1.54) is 0 Å². The lowest BCUT2D eigenvalue weighted by atomic mass is 9.94. The first-order chi connectivity index (χ1) is 13.5. The van der Waals surface area contributed by atoms with Gasteiger partial charge < -0.3 is 19.3 Å². The molecule has 1 N–H and O–H groups in total. The fourth-order valence-electron chi connectivity index (χ4n) is 3.86. The molecule has 0 radical (unpaired) electrons. The minimum absolute atomic E-state index is 0.415. The van der Waals surface area contributed by atoms with Crippen molar-refractivity contribution in [2.45, 2.75) is 24.9 Å². The molecule has 2 aromatic carbocycles. The van der Waals surface area contributed by atoms with Crippen molar-refractivity contribution in [3.63, 3.8) is 0 Å². The van der Waals surface area contributed by atoms with Gasteiger partial charge in [0.25, 0.3) is 0 Å². The highest BCUT2D eigenvalue weighted by Gasteiger charge is 2.39. The third-order valence-electron chi connectivity index (χ3n) is 5.13. The number of carboxylic acid groups (broad SMARTS) is 1. The maximum Gasteiger partial charge on any atom is 0.320 e. The first-order valence-electron chi connectivity index (χ1n) is 9.04. The van der Waals surface area contributed by atoms with E-state index in [4.69, 9.17) is 25.8 Å². The van der Waals surface area contributed by atoms with Gasteiger partial charge in [-0.05, 0) is 49.2 Å². The Morgan fingerprint density at radius 1 is 1.07 bits per heavy atom. The number of ether oxygens (including phenoxy) is 3. The smallest absolute Gasteiger partial charge is 0.320 e. The van der Waals surface area contributed by atoms with Gasteiger partial charge in [0.15, 0.2) is 0 Å². The number of benzene rings is 2. The lowest BCUT2D eigenvalue weighted by molar-refractivity contribution is -0.142. The van der Waals surface area contributed by atoms with Gasteiger partial charge in [0, 0.05) is 22.7 Å². The molecule has 0 saturated carbocycles. The average Bonchev–Trinajstić information content (AvgIpc) is 3.18. The monoisotopic (exact) mass is 405 g/mol. The number of carbonyl (C=O) groups is 1. The Bertz CT molecular complexity index is 857. The van der Waals surface area contributed by atoms with Gasteiger partial charge in [-0.25, -0.2) is 0 Å². The molecule has 0 amide bonds. The van der Waals surface area contributed by atoms with Crippen molar-refractivity contribution in [1.29, 1.82) is 0 Å². The molecule has 0 aromatic heterocycles. The van der Waals surface area contributed by atoms with Gasteiger partial charge in [-0.2, -0.15) is 0 Å². The zero-order valence-corrected chi connectivity index (χ0v) is 16.9. The summed E-state index contributed by atoms with van der Waals surface area (Å²) in [6.45, 7) is 0.637. The van der Waals surface area contributed by atoms with Crippen LogP contribution in [0.25, 0.3) is 0 Å². The number of hydrogen-bond donors (Lipinski definition) is 1. The molecule has 7 heteroatoms. The lowest BCUT2D eigenvalue weighted by Crippen LogP contribution is -2.39. The van der Waals surface area contributed by atoms with Crippen molar-refractivity contribution in [2.75, 3.05) is 27.9 Å². The molecule has 2 aromatic rings. The summed E-state index contributed by atoms with van der Waals surface area (Å²) in [6, 6.07) is 9.86. The van der Waals surface area contributed by atoms with Crippen LogP contribution in [0, 0.1) is 0 Å². The van der Waals surface area contributed by atoms with E-state index in [0.717, 1.165) is 17.5 Å². The van der Waals surface area contributed by atoms with Crippen LogP contribution in [0.2, 0.25) is 5.02 Å². The Labute approximate surface area is 169 Å². The van der Waals surface area contributed by atoms with Crippen molar-refractivity contribution in [3.05, 3.63) is 52.5 Å². The first-order valence-corrected chi connectivity index (χ1v) is 9.41. The van der Waals surface area contributed by atoms with Crippen molar-refractivity contribution < 1.29 is 24.1 Å². The van der Waals surface area contributed by atoms with E-state index in [1.54, 1.807) is 33.5 Å². The average molecular weight is 406 g/mol. The van der Waals surface area contributed by atoms with Gasteiger partial charge in [0.05, 0.1) is 27.4 Å². The summed E-state index contributed by atoms with van der Waals surface area (Å²) in [4.78, 5) is 13.9. The topological polar surface area (TPSA) is 68.2 Å². The molecule has 0 aliphatic carbocycles. The van der Waals surface area contributed by atoms with Crippen LogP contribution < -0.4 is 14.2 Å². The van der Waals surface area contributed by atoms with Crippen LogP contribution in [0.3, 0.4) is 0 Å². The normalized spacial score (nSPS) is 17.9. The van der Waals surface area contributed by atoms with Gasteiger partial charge in [0.2, 0.25) is 0 Å². The molecule has 2 atom stereocenters. The number of rotatable bonds is 7. The van der Waals surface area contributed by atoms with E-state index in [9.17, 15) is 9.90 Å². The number of nitrogens with zero attached hydrogens (tertiary/aromatic N) is 1. The Morgan fingerprint density at radius 3 is 2.32 bits per heavy atom. The van der Waals surface area contributed by atoms with E-state index < -0.39 is 18.1 Å². The third kappa shape index (κ3) is 3.88. The Morgan fingerprint density at radius 2 is 1.71 bits per heavy atom. The number of hydrogen-bond acceptors (Lipinski definition) is 5. The van der Waals surface area contributed by atoms with Gasteiger partial charge in [-0.1, -0.05) is 11.6 Å². The van der Waals surface area contributed by atoms with E-state index in [0.29, 0.717) is 35.2 Å². The maximum atomic E-state index is 11.9. The summed E-state index contributed by atoms with van der Waals surface area (Å²) in [7, 11) is 4.78. The second-order valence-corrected chi connectivity index (χ2v) is 7.07. The summed E-state index contributed by atoms with van der Waals surface area (Å²) in [5.41, 5.74) is 1.59. The number of likely N-dealkylation sites (tertiary alicyclic amines) is 1. The van der Waals surface area contributed by atoms with Crippen LogP contribution in [0.5, 0.6) is 17.2 Å². The highest BCUT2D eigenvalue weighted by atomic mass is 35.5. The van der Waals surface area contributed by atoms with E-state index in [1.807, 2.05) is 29.2 Å². The maximum absolute atomic E-state index is 11.9. The summed E-state index contributed by atoms with van der Waals surface area (Å²) in [5.74, 6) is 1.09. The molecule has 1 fully saturated rings. The quantitative estimate of drug-likeness (QED) is 0.750. The molecule has 6 nitrogen and oxygen atoms in total. The van der Waals surface area contributed by atoms with Crippen LogP contribution in [-0.4, -0.2) is 49.9 Å². The van der Waals surface area contributed by atoms with Crippen LogP contribution in [0.15, 0.2) is 36.4 Å². The highest BCUT2D eigenvalue weighted by molar-refractivity contribution is 6.30. The molecular weight excluding hydrogens is 382 g/mol. The minimum atomic E-state index is -0.842. The summed E-state index contributed by atoms with van der Waals surface area (Å²) < 4.78 is 16.6. The van der Waals surface area contributed by atoms with E-state index in [-0.39, 0.29) is 0 Å².